The topological polar surface area (TPSA) is 85.3 Å². The van der Waals surface area contributed by atoms with Gasteiger partial charge in [-0.25, -0.2) is 0 Å². The molecule has 1 aliphatic rings. The Morgan fingerprint density at radius 2 is 2.08 bits per heavy atom. The molecule has 26 heavy (non-hydrogen) atoms. The van der Waals surface area contributed by atoms with Gasteiger partial charge in [0.05, 0.1) is 13.7 Å². The molecule has 142 valence electrons. The van der Waals surface area contributed by atoms with E-state index in [1.165, 1.54) is 19.1 Å². The molecule has 7 heteroatoms. The molecule has 0 spiro atoms. The van der Waals surface area contributed by atoms with Gasteiger partial charge in [0.15, 0.2) is 18.1 Å². The van der Waals surface area contributed by atoms with Crippen LogP contribution in [0.15, 0.2) is 24.3 Å². The molecule has 0 bridgehead atoms. The van der Waals surface area contributed by atoms with E-state index in [9.17, 15) is 14.7 Å². The van der Waals surface area contributed by atoms with Crippen LogP contribution in [-0.2, 0) is 14.3 Å². The van der Waals surface area contributed by atoms with Crippen LogP contribution < -0.4 is 9.47 Å². The zero-order valence-electron chi connectivity index (χ0n) is 15.4. The minimum Gasteiger partial charge on any atom is -0.493 e. The Morgan fingerprint density at radius 3 is 2.69 bits per heavy atom. The number of carbonyl (C=O) groups excluding carboxylic acids is 1. The molecule has 1 aromatic rings. The Labute approximate surface area is 153 Å². The predicted octanol–water partition coefficient (Wildman–Crippen LogP) is 2.06. The molecule has 1 amide bonds. The molecule has 1 N–H and O–H groups in total. The van der Waals surface area contributed by atoms with Crippen molar-refractivity contribution in [3.63, 3.8) is 0 Å². The van der Waals surface area contributed by atoms with Crippen molar-refractivity contribution in [1.82, 2.24) is 4.90 Å². The van der Waals surface area contributed by atoms with Gasteiger partial charge < -0.3 is 24.2 Å². The molecule has 0 aromatic heterocycles. The first-order valence-corrected chi connectivity index (χ1v) is 8.39. The number of amides is 1. The average molecular weight is 363 g/mol. The molecule has 7 nitrogen and oxygen atoms in total. The molecule has 0 aliphatic carbocycles. The van der Waals surface area contributed by atoms with E-state index in [0.29, 0.717) is 24.5 Å². The lowest BCUT2D eigenvalue weighted by molar-refractivity contribution is -0.151. The minimum atomic E-state index is -1.05. The third-order valence-corrected chi connectivity index (χ3v) is 4.48. The molecule has 0 saturated carbocycles. The number of rotatable bonds is 8. The maximum atomic E-state index is 12.4. The second-order valence-corrected chi connectivity index (χ2v) is 6.28. The fourth-order valence-electron chi connectivity index (χ4n) is 3.05. The van der Waals surface area contributed by atoms with E-state index < -0.39 is 11.4 Å². The summed E-state index contributed by atoms with van der Waals surface area (Å²) in [4.78, 5) is 25.5. The van der Waals surface area contributed by atoms with Crippen LogP contribution in [0.3, 0.4) is 0 Å². The SMILES string of the molecule is C/C=C/c1ccc(OCC(=O)N2CCC(COC)(C(=O)O)C2)c(OC)c1. The van der Waals surface area contributed by atoms with Crippen molar-refractivity contribution in [1.29, 1.82) is 0 Å². The summed E-state index contributed by atoms with van der Waals surface area (Å²) >= 11 is 0. The summed E-state index contributed by atoms with van der Waals surface area (Å²) in [6.07, 6.45) is 4.22. The maximum Gasteiger partial charge on any atom is 0.313 e. The number of hydrogen-bond donors (Lipinski definition) is 1. The normalized spacial score (nSPS) is 19.7. The van der Waals surface area contributed by atoms with Crippen molar-refractivity contribution >= 4 is 18.0 Å². The molecule has 0 radical (unpaired) electrons. The van der Waals surface area contributed by atoms with E-state index in [1.54, 1.807) is 6.07 Å². The van der Waals surface area contributed by atoms with Crippen molar-refractivity contribution in [2.24, 2.45) is 5.41 Å². The monoisotopic (exact) mass is 363 g/mol. The van der Waals surface area contributed by atoms with Crippen molar-refractivity contribution in [2.45, 2.75) is 13.3 Å². The lowest BCUT2D eigenvalue weighted by Crippen LogP contribution is -2.41. The highest BCUT2D eigenvalue weighted by atomic mass is 16.5. The number of nitrogens with zero attached hydrogens (tertiary/aromatic N) is 1. The van der Waals surface area contributed by atoms with Crippen LogP contribution in [0.4, 0.5) is 0 Å². The fourth-order valence-corrected chi connectivity index (χ4v) is 3.05. The summed E-state index contributed by atoms with van der Waals surface area (Å²) in [6.45, 7) is 2.31. The van der Waals surface area contributed by atoms with Gasteiger partial charge in [-0.1, -0.05) is 18.2 Å². The number of aliphatic carboxylic acids is 1. The van der Waals surface area contributed by atoms with E-state index in [1.807, 2.05) is 31.2 Å². The van der Waals surface area contributed by atoms with Gasteiger partial charge in [0.25, 0.3) is 5.91 Å². The number of likely N-dealkylation sites (tertiary alicyclic amines) is 1. The summed E-state index contributed by atoms with van der Waals surface area (Å²) in [7, 11) is 3.00. The largest absolute Gasteiger partial charge is 0.493 e. The zero-order chi connectivity index (χ0) is 19.2. The van der Waals surface area contributed by atoms with Crippen LogP contribution >= 0.6 is 0 Å². The van der Waals surface area contributed by atoms with Gasteiger partial charge >= 0.3 is 5.97 Å². The van der Waals surface area contributed by atoms with Gasteiger partial charge in [0.2, 0.25) is 0 Å². The van der Waals surface area contributed by atoms with Crippen molar-refractivity contribution in [2.75, 3.05) is 40.5 Å². The van der Waals surface area contributed by atoms with E-state index in [2.05, 4.69) is 0 Å². The first-order chi connectivity index (χ1) is 12.5. The summed E-state index contributed by atoms with van der Waals surface area (Å²) in [5.74, 6) is -0.204. The highest BCUT2D eigenvalue weighted by molar-refractivity contribution is 5.81. The Bertz CT molecular complexity index is 687. The molecule has 1 fully saturated rings. The molecule has 1 atom stereocenters. The van der Waals surface area contributed by atoms with Gasteiger partial charge in [-0.05, 0) is 31.0 Å². The smallest absolute Gasteiger partial charge is 0.313 e. The standard InChI is InChI=1S/C19H25NO6/c1-4-5-14-6-7-15(16(10-14)25-3)26-11-17(21)20-9-8-19(12-20,13-24-2)18(22)23/h4-7,10H,8-9,11-13H2,1-3H3,(H,22,23)/b5-4+. The first-order valence-electron chi connectivity index (χ1n) is 8.39. The summed E-state index contributed by atoms with van der Waals surface area (Å²) in [5.41, 5.74) is -0.0793. The molecule has 1 heterocycles. The van der Waals surface area contributed by atoms with Gasteiger partial charge in [0, 0.05) is 20.2 Å². The Hall–Kier alpha value is -2.54. The molecule has 1 saturated heterocycles. The first kappa shape index (κ1) is 19.8. The Balaban J connectivity index is 2.00. The highest BCUT2D eigenvalue weighted by Crippen LogP contribution is 2.32. The molecule has 1 aromatic carbocycles. The second-order valence-electron chi connectivity index (χ2n) is 6.28. The Morgan fingerprint density at radius 1 is 1.31 bits per heavy atom. The average Bonchev–Trinajstić information content (AvgIpc) is 3.06. The number of hydrogen-bond acceptors (Lipinski definition) is 5. The van der Waals surface area contributed by atoms with Gasteiger partial charge in [-0.3, -0.25) is 9.59 Å². The molecule has 1 aliphatic heterocycles. The highest BCUT2D eigenvalue weighted by Gasteiger charge is 2.46. The molecule has 1 unspecified atom stereocenters. The van der Waals surface area contributed by atoms with Gasteiger partial charge in [-0.15, -0.1) is 0 Å². The molecular weight excluding hydrogens is 338 g/mol. The zero-order valence-corrected chi connectivity index (χ0v) is 15.4. The summed E-state index contributed by atoms with van der Waals surface area (Å²) in [5, 5.41) is 9.47. The maximum absolute atomic E-state index is 12.4. The van der Waals surface area contributed by atoms with E-state index in [-0.39, 0.29) is 25.7 Å². The van der Waals surface area contributed by atoms with E-state index >= 15 is 0 Å². The van der Waals surface area contributed by atoms with Gasteiger partial charge in [-0.2, -0.15) is 0 Å². The van der Waals surface area contributed by atoms with E-state index in [0.717, 1.165) is 5.56 Å². The fraction of sp³-hybridized carbons (Fsp3) is 0.474. The van der Waals surface area contributed by atoms with Crippen LogP contribution in [0.5, 0.6) is 11.5 Å². The predicted molar refractivity (Wildman–Crippen MR) is 96.3 cm³/mol. The van der Waals surface area contributed by atoms with Crippen molar-refractivity contribution in [3.8, 4) is 11.5 Å². The number of allylic oxidation sites excluding steroid dienone is 1. The number of carbonyl (C=O) groups is 2. The lowest BCUT2D eigenvalue weighted by Gasteiger charge is -2.23. The number of ether oxygens (including phenoxy) is 3. The number of carboxylic acid groups (broad SMARTS) is 1. The molecule has 2 rings (SSSR count). The third kappa shape index (κ3) is 4.35. The number of carboxylic acids is 1. The number of benzene rings is 1. The number of methoxy groups -OCH3 is 2. The van der Waals surface area contributed by atoms with Crippen LogP contribution in [-0.4, -0.2) is 62.4 Å². The second kappa shape index (κ2) is 8.71. The van der Waals surface area contributed by atoms with Crippen LogP contribution in [0.2, 0.25) is 0 Å². The van der Waals surface area contributed by atoms with Gasteiger partial charge in [0.1, 0.15) is 5.41 Å². The van der Waals surface area contributed by atoms with Crippen LogP contribution in [0.25, 0.3) is 6.08 Å². The summed E-state index contributed by atoms with van der Waals surface area (Å²) < 4.78 is 16.0. The molecular formula is C19H25NO6. The minimum absolute atomic E-state index is 0.0766. The van der Waals surface area contributed by atoms with Crippen molar-refractivity contribution in [3.05, 3.63) is 29.8 Å². The third-order valence-electron chi connectivity index (χ3n) is 4.48. The summed E-state index contributed by atoms with van der Waals surface area (Å²) in [6, 6.07) is 5.44. The lowest BCUT2D eigenvalue weighted by atomic mass is 9.88. The Kier molecular flexibility index (Phi) is 6.63. The van der Waals surface area contributed by atoms with Crippen LogP contribution in [0, 0.1) is 5.41 Å². The van der Waals surface area contributed by atoms with E-state index in [4.69, 9.17) is 14.2 Å². The van der Waals surface area contributed by atoms with Crippen LogP contribution in [0.1, 0.15) is 18.9 Å². The van der Waals surface area contributed by atoms with Crippen molar-refractivity contribution < 1.29 is 28.9 Å². The quantitative estimate of drug-likeness (QED) is 0.761.